The summed E-state index contributed by atoms with van der Waals surface area (Å²) < 4.78 is 17.5. The van der Waals surface area contributed by atoms with E-state index in [1.165, 1.54) is 5.56 Å². The van der Waals surface area contributed by atoms with Crippen molar-refractivity contribution in [1.29, 1.82) is 0 Å². The maximum Gasteiger partial charge on any atom is 0.316 e. The van der Waals surface area contributed by atoms with Crippen LogP contribution in [0.2, 0.25) is 19.6 Å². The van der Waals surface area contributed by atoms with Gasteiger partial charge in [0.15, 0.2) is 0 Å². The highest BCUT2D eigenvalue weighted by atomic mass is 28.4. The fourth-order valence-electron chi connectivity index (χ4n) is 3.04. The first-order valence-electron chi connectivity index (χ1n) is 10.8. The van der Waals surface area contributed by atoms with Crippen LogP contribution in [0.15, 0.2) is 49.0 Å². The summed E-state index contributed by atoms with van der Waals surface area (Å²) in [6, 6.07) is 13.5. The number of carbonyl (C=O) groups excluding carboxylic acids is 1. The Labute approximate surface area is 188 Å². The molecule has 0 radical (unpaired) electrons. The summed E-state index contributed by atoms with van der Waals surface area (Å²) >= 11 is 0. The second-order valence-corrected chi connectivity index (χ2v) is 14.1. The maximum atomic E-state index is 12.7. The third-order valence-electron chi connectivity index (χ3n) is 4.92. The number of aryl methyl sites for hydroxylation is 2. The molecule has 0 amide bonds. The smallest absolute Gasteiger partial charge is 0.316 e. The fraction of sp³-hybridized carbons (Fsp3) is 0.423. The number of hydrogen-bond donors (Lipinski definition) is 0. The van der Waals surface area contributed by atoms with Gasteiger partial charge in [-0.15, -0.1) is 0 Å². The van der Waals surface area contributed by atoms with Crippen LogP contribution in [0, 0.1) is 19.3 Å². The van der Waals surface area contributed by atoms with Crippen molar-refractivity contribution < 1.29 is 18.7 Å². The van der Waals surface area contributed by atoms with Crippen LogP contribution in [0.4, 0.5) is 0 Å². The van der Waals surface area contributed by atoms with Gasteiger partial charge in [-0.1, -0.05) is 18.7 Å². The quantitative estimate of drug-likeness (QED) is 0.132. The number of hydrogen-bond acceptors (Lipinski definition) is 4. The molecule has 0 fully saturated rings. The van der Waals surface area contributed by atoms with Crippen LogP contribution in [0.5, 0.6) is 11.5 Å². The minimum Gasteiger partial charge on any atom is -0.544 e. The predicted octanol–water partition coefficient (Wildman–Crippen LogP) is 6.92. The van der Waals surface area contributed by atoms with E-state index < -0.39 is 13.7 Å². The lowest BCUT2D eigenvalue weighted by Gasteiger charge is -2.23. The monoisotopic (exact) mass is 440 g/mol. The van der Waals surface area contributed by atoms with E-state index in [2.05, 4.69) is 38.4 Å². The third kappa shape index (κ3) is 7.91. The molecule has 31 heavy (non-hydrogen) atoms. The number of benzene rings is 2. The number of esters is 1. The summed E-state index contributed by atoms with van der Waals surface area (Å²) in [5.41, 5.74) is 2.58. The first-order valence-corrected chi connectivity index (χ1v) is 14.2. The summed E-state index contributed by atoms with van der Waals surface area (Å²) in [7, 11) is -1.71. The van der Waals surface area contributed by atoms with Crippen LogP contribution in [0.1, 0.15) is 43.4 Å². The molecule has 0 atom stereocenters. The molecule has 0 aliphatic heterocycles. The lowest BCUT2D eigenvalue weighted by molar-refractivity contribution is -0.144. The fourth-order valence-corrected chi connectivity index (χ4v) is 3.90. The van der Waals surface area contributed by atoms with E-state index in [1.807, 2.05) is 45.9 Å². The zero-order valence-electron chi connectivity index (χ0n) is 20.0. The first kappa shape index (κ1) is 24.7. The van der Waals surface area contributed by atoms with E-state index in [4.69, 9.17) is 13.9 Å². The molecule has 0 unspecified atom stereocenters. The molecule has 0 N–H and O–H groups in total. The average molecular weight is 441 g/mol. The van der Waals surface area contributed by atoms with Crippen LogP contribution >= 0.6 is 0 Å². The summed E-state index contributed by atoms with van der Waals surface area (Å²) in [5, 5.41) is 0. The van der Waals surface area contributed by atoms with Crippen LogP contribution in [-0.2, 0) is 9.22 Å². The molecule has 2 rings (SSSR count). The van der Waals surface area contributed by atoms with Crippen molar-refractivity contribution in [2.24, 2.45) is 5.41 Å². The van der Waals surface area contributed by atoms with Gasteiger partial charge in [-0.05, 0) is 102 Å². The van der Waals surface area contributed by atoms with Gasteiger partial charge in [0.2, 0.25) is 8.32 Å². The zero-order valence-corrected chi connectivity index (χ0v) is 21.0. The Morgan fingerprint density at radius 3 is 2.29 bits per heavy atom. The Hall–Kier alpha value is -2.53. The molecule has 2 aromatic rings. The molecule has 0 saturated heterocycles. The van der Waals surface area contributed by atoms with E-state index in [0.717, 1.165) is 23.3 Å². The second kappa shape index (κ2) is 10.2. The van der Waals surface area contributed by atoms with Gasteiger partial charge in [0, 0.05) is 5.56 Å². The topological polar surface area (TPSA) is 44.8 Å². The van der Waals surface area contributed by atoms with Crippen molar-refractivity contribution >= 4 is 20.0 Å². The molecule has 0 saturated carbocycles. The number of rotatable bonds is 10. The summed E-state index contributed by atoms with van der Waals surface area (Å²) in [5.74, 6) is 1.83. The Morgan fingerprint density at radius 2 is 1.68 bits per heavy atom. The molecule has 4 nitrogen and oxygen atoms in total. The van der Waals surface area contributed by atoms with Gasteiger partial charge in [0.1, 0.15) is 17.3 Å². The third-order valence-corrected chi connectivity index (χ3v) is 5.77. The Bertz CT molecular complexity index is 908. The molecule has 2 aromatic carbocycles. The van der Waals surface area contributed by atoms with Gasteiger partial charge < -0.3 is 13.9 Å². The summed E-state index contributed by atoms with van der Waals surface area (Å²) in [4.78, 5) is 12.7. The Kier molecular flexibility index (Phi) is 8.13. The van der Waals surface area contributed by atoms with Crippen molar-refractivity contribution in [1.82, 2.24) is 0 Å². The van der Waals surface area contributed by atoms with Gasteiger partial charge in [0.25, 0.3) is 0 Å². The number of ether oxygens (including phenoxy) is 2. The van der Waals surface area contributed by atoms with Crippen LogP contribution in [0.25, 0.3) is 5.76 Å². The first-order chi connectivity index (χ1) is 14.4. The molecule has 168 valence electrons. The van der Waals surface area contributed by atoms with Gasteiger partial charge in [0.05, 0.1) is 12.0 Å². The maximum absolute atomic E-state index is 12.7. The minimum absolute atomic E-state index is 0.246. The molecule has 0 bridgehead atoms. The van der Waals surface area contributed by atoms with E-state index in [9.17, 15) is 4.79 Å². The summed E-state index contributed by atoms with van der Waals surface area (Å²) in [6.07, 6.45) is 1.44. The van der Waals surface area contributed by atoms with E-state index >= 15 is 0 Å². The van der Waals surface area contributed by atoms with Crippen molar-refractivity contribution in [3.05, 3.63) is 65.7 Å². The molecule has 0 aliphatic rings. The summed E-state index contributed by atoms with van der Waals surface area (Å²) in [6.45, 7) is 18.8. The molecule has 0 spiro atoms. The van der Waals surface area contributed by atoms with Gasteiger partial charge in [-0.25, -0.2) is 0 Å². The van der Waals surface area contributed by atoms with Crippen LogP contribution < -0.4 is 9.47 Å². The minimum atomic E-state index is -1.71. The second-order valence-electron chi connectivity index (χ2n) is 9.66. The van der Waals surface area contributed by atoms with Crippen molar-refractivity contribution in [2.75, 3.05) is 6.61 Å². The molecule has 5 heteroatoms. The Balaban J connectivity index is 1.86. The molecule has 0 heterocycles. The predicted molar refractivity (Wildman–Crippen MR) is 130 cm³/mol. The largest absolute Gasteiger partial charge is 0.544 e. The Morgan fingerprint density at radius 1 is 1.03 bits per heavy atom. The van der Waals surface area contributed by atoms with E-state index in [0.29, 0.717) is 24.5 Å². The molecular weight excluding hydrogens is 404 g/mol. The standard InChI is InChI=1S/C26H36O4Si/c1-19-10-11-20(2)24(18-19)28-17-9-16-26(4,5)25(27)29-23-14-12-22(13-15-23)21(3)30-31(6,7)8/h10-15,18H,3,9,16-17H2,1-2,4-8H3. The SMILES string of the molecule is C=C(O[Si](C)(C)C)c1ccc(OC(=O)C(C)(C)CCCOc2cc(C)ccc2C)cc1. The lowest BCUT2D eigenvalue weighted by atomic mass is 9.88. The van der Waals surface area contributed by atoms with E-state index in [1.54, 1.807) is 12.1 Å². The number of carbonyl (C=O) groups is 1. The van der Waals surface area contributed by atoms with Crippen LogP contribution in [-0.4, -0.2) is 20.9 Å². The highest BCUT2D eigenvalue weighted by Crippen LogP contribution is 2.28. The van der Waals surface area contributed by atoms with Gasteiger partial charge >= 0.3 is 5.97 Å². The van der Waals surface area contributed by atoms with Gasteiger partial charge in [-0.2, -0.15) is 0 Å². The lowest BCUT2D eigenvalue weighted by Crippen LogP contribution is -2.29. The highest BCUT2D eigenvalue weighted by Gasteiger charge is 2.29. The van der Waals surface area contributed by atoms with E-state index in [-0.39, 0.29) is 5.97 Å². The average Bonchev–Trinajstić information content (AvgIpc) is 2.67. The molecule has 0 aromatic heterocycles. The van der Waals surface area contributed by atoms with Crippen molar-refractivity contribution in [2.45, 2.75) is 60.2 Å². The van der Waals surface area contributed by atoms with Crippen molar-refractivity contribution in [3.8, 4) is 11.5 Å². The molecule has 0 aliphatic carbocycles. The van der Waals surface area contributed by atoms with Crippen LogP contribution in [0.3, 0.4) is 0 Å². The zero-order chi connectivity index (χ0) is 23.2. The molecular formula is C26H36O4Si. The normalized spacial score (nSPS) is 11.7. The van der Waals surface area contributed by atoms with Gasteiger partial charge in [-0.3, -0.25) is 4.79 Å². The van der Waals surface area contributed by atoms with Crippen molar-refractivity contribution in [3.63, 3.8) is 0 Å². The highest BCUT2D eigenvalue weighted by molar-refractivity contribution is 6.70.